The Hall–Kier alpha value is -3.26. The smallest absolute Gasteiger partial charge is 0.265 e. The first-order valence-electron chi connectivity index (χ1n) is 12.3. The minimum atomic E-state index is -0.748. The number of Topliss-reactive ketones (excluding diaryl/α,β-unsaturated/α-hetero) is 1. The molecule has 2 aliphatic rings. The summed E-state index contributed by atoms with van der Waals surface area (Å²) in [7, 11) is 0. The fourth-order valence-corrected chi connectivity index (χ4v) is 6.50. The Kier molecular flexibility index (Phi) is 6.11. The number of thiophene rings is 1. The zero-order chi connectivity index (χ0) is 25.8. The van der Waals surface area contributed by atoms with Gasteiger partial charge in [0.1, 0.15) is 10.6 Å². The van der Waals surface area contributed by atoms with Crippen molar-refractivity contribution in [2.75, 3.05) is 18.1 Å². The molecule has 7 nitrogen and oxygen atoms in total. The van der Waals surface area contributed by atoms with E-state index in [4.69, 9.17) is 4.74 Å². The van der Waals surface area contributed by atoms with Crippen molar-refractivity contribution in [3.05, 3.63) is 63.5 Å². The Morgan fingerprint density at radius 2 is 2.11 bits per heavy atom. The molecule has 188 valence electrons. The fourth-order valence-electron chi connectivity index (χ4n) is 5.25. The predicted molar refractivity (Wildman–Crippen MR) is 142 cm³/mol. The highest BCUT2D eigenvalue weighted by molar-refractivity contribution is 7.18. The van der Waals surface area contributed by atoms with Gasteiger partial charge in [0.15, 0.2) is 12.4 Å². The molecule has 36 heavy (non-hydrogen) atoms. The summed E-state index contributed by atoms with van der Waals surface area (Å²) in [5, 5.41) is 0.658. The Labute approximate surface area is 214 Å². The topological polar surface area (TPSA) is 81.5 Å². The van der Waals surface area contributed by atoms with Crippen LogP contribution in [0.2, 0.25) is 0 Å². The van der Waals surface area contributed by atoms with Crippen molar-refractivity contribution >= 4 is 38.9 Å². The third-order valence-corrected chi connectivity index (χ3v) is 8.68. The van der Waals surface area contributed by atoms with Gasteiger partial charge >= 0.3 is 0 Å². The molecular weight excluding hydrogens is 474 g/mol. The maximum atomic E-state index is 13.6. The van der Waals surface area contributed by atoms with Crippen molar-refractivity contribution in [3.8, 4) is 5.75 Å². The molecule has 2 atom stereocenters. The summed E-state index contributed by atoms with van der Waals surface area (Å²) in [6.07, 6.45) is 5.99. The van der Waals surface area contributed by atoms with Gasteiger partial charge in [-0.2, -0.15) is 0 Å². The SMILES string of the molecule is C=CCN1C(=O)COc2ccc(C(=O)C(C)n3cnc4sc5c(c4c3=O)CCC(C(C)(C)C)C5)cc21. The normalized spacial score (nSPS) is 18.4. The van der Waals surface area contributed by atoms with E-state index in [2.05, 4.69) is 32.3 Å². The van der Waals surface area contributed by atoms with E-state index in [1.54, 1.807) is 47.4 Å². The summed E-state index contributed by atoms with van der Waals surface area (Å²) in [4.78, 5) is 47.6. The van der Waals surface area contributed by atoms with E-state index < -0.39 is 6.04 Å². The molecule has 0 saturated heterocycles. The number of amides is 1. The zero-order valence-corrected chi connectivity index (χ0v) is 22.0. The molecule has 0 N–H and O–H groups in total. The molecule has 0 spiro atoms. The van der Waals surface area contributed by atoms with Gasteiger partial charge in [-0.15, -0.1) is 17.9 Å². The number of carbonyl (C=O) groups is 2. The molecule has 5 rings (SSSR count). The number of fused-ring (bicyclic) bond motifs is 4. The van der Waals surface area contributed by atoms with Crippen LogP contribution in [0.5, 0.6) is 5.75 Å². The van der Waals surface area contributed by atoms with Crippen LogP contribution in [-0.4, -0.2) is 34.4 Å². The second-order valence-corrected chi connectivity index (χ2v) is 11.8. The molecule has 0 saturated carbocycles. The van der Waals surface area contributed by atoms with Crippen LogP contribution in [0.3, 0.4) is 0 Å². The summed E-state index contributed by atoms with van der Waals surface area (Å²) in [6.45, 7) is 12.5. The maximum absolute atomic E-state index is 13.6. The number of aryl methyl sites for hydroxylation is 1. The predicted octanol–water partition coefficient (Wildman–Crippen LogP) is 4.96. The lowest BCUT2D eigenvalue weighted by Crippen LogP contribution is -2.39. The first kappa shape index (κ1) is 24.4. The third-order valence-electron chi connectivity index (χ3n) is 7.51. The molecule has 3 heterocycles. The van der Waals surface area contributed by atoms with E-state index in [1.165, 1.54) is 15.8 Å². The van der Waals surface area contributed by atoms with Gasteiger partial charge in [0, 0.05) is 17.0 Å². The van der Waals surface area contributed by atoms with Crippen molar-refractivity contribution in [2.45, 2.75) is 53.0 Å². The lowest BCUT2D eigenvalue weighted by atomic mass is 9.72. The van der Waals surface area contributed by atoms with Crippen LogP contribution in [-0.2, 0) is 17.6 Å². The maximum Gasteiger partial charge on any atom is 0.265 e. The van der Waals surface area contributed by atoms with Gasteiger partial charge in [-0.25, -0.2) is 4.98 Å². The monoisotopic (exact) mass is 505 g/mol. The van der Waals surface area contributed by atoms with Gasteiger partial charge in [0.05, 0.1) is 23.4 Å². The molecule has 2 unspecified atom stereocenters. The molecule has 1 amide bonds. The Balaban J connectivity index is 1.49. The van der Waals surface area contributed by atoms with E-state index in [1.807, 2.05) is 0 Å². The number of nitrogens with zero attached hydrogens (tertiary/aromatic N) is 3. The molecule has 1 aliphatic heterocycles. The second-order valence-electron chi connectivity index (χ2n) is 10.8. The average Bonchev–Trinajstić information content (AvgIpc) is 3.23. The summed E-state index contributed by atoms with van der Waals surface area (Å²) < 4.78 is 6.97. The highest BCUT2D eigenvalue weighted by Crippen LogP contribution is 2.42. The molecular formula is C28H31N3O4S. The van der Waals surface area contributed by atoms with Crippen LogP contribution in [0.1, 0.15) is 61.0 Å². The number of benzene rings is 1. The van der Waals surface area contributed by atoms with E-state index >= 15 is 0 Å². The van der Waals surface area contributed by atoms with Gasteiger partial charge in [-0.05, 0) is 61.3 Å². The average molecular weight is 506 g/mol. The highest BCUT2D eigenvalue weighted by Gasteiger charge is 2.32. The van der Waals surface area contributed by atoms with Gasteiger partial charge in [-0.3, -0.25) is 19.0 Å². The first-order chi connectivity index (χ1) is 17.1. The van der Waals surface area contributed by atoms with E-state index in [9.17, 15) is 14.4 Å². The second kappa shape index (κ2) is 9.00. The van der Waals surface area contributed by atoms with Crippen LogP contribution in [0.25, 0.3) is 10.2 Å². The van der Waals surface area contributed by atoms with Crippen LogP contribution < -0.4 is 15.2 Å². The zero-order valence-electron chi connectivity index (χ0n) is 21.2. The van der Waals surface area contributed by atoms with Gasteiger partial charge in [-0.1, -0.05) is 26.8 Å². The van der Waals surface area contributed by atoms with E-state index in [-0.39, 0.29) is 29.3 Å². The number of hydrogen-bond donors (Lipinski definition) is 0. The lowest BCUT2D eigenvalue weighted by Gasteiger charge is -2.33. The van der Waals surface area contributed by atoms with Crippen molar-refractivity contribution < 1.29 is 14.3 Å². The Bertz CT molecular complexity index is 1450. The Morgan fingerprint density at radius 1 is 1.33 bits per heavy atom. The van der Waals surface area contributed by atoms with Crippen LogP contribution in [0.4, 0.5) is 5.69 Å². The quantitative estimate of drug-likeness (QED) is 0.361. The van der Waals surface area contributed by atoms with Crippen LogP contribution in [0, 0.1) is 11.3 Å². The van der Waals surface area contributed by atoms with Gasteiger partial charge in [0.2, 0.25) is 0 Å². The Morgan fingerprint density at radius 3 is 2.83 bits per heavy atom. The van der Waals surface area contributed by atoms with Crippen molar-refractivity contribution in [1.82, 2.24) is 9.55 Å². The van der Waals surface area contributed by atoms with Gasteiger partial charge < -0.3 is 9.64 Å². The standard InChI is InChI=1S/C28H31N3O4S/c1-6-11-30-20-12-17(7-10-21(20)35-14-23(30)32)25(33)16(2)31-15-29-26-24(27(31)34)19-9-8-18(28(3,4)5)13-22(19)36-26/h6-7,10,12,15-16,18H,1,8-9,11,13-14H2,2-5H3. The molecule has 1 aliphatic carbocycles. The highest BCUT2D eigenvalue weighted by atomic mass is 32.1. The molecule has 2 aromatic heterocycles. The number of ketones is 1. The van der Waals surface area contributed by atoms with E-state index in [0.717, 1.165) is 29.7 Å². The summed E-state index contributed by atoms with van der Waals surface area (Å²) >= 11 is 1.61. The largest absolute Gasteiger partial charge is 0.482 e. The molecule has 1 aromatic carbocycles. The molecule has 0 radical (unpaired) electrons. The summed E-state index contributed by atoms with van der Waals surface area (Å²) in [6, 6.07) is 4.28. The molecule has 3 aromatic rings. The van der Waals surface area contributed by atoms with Crippen molar-refractivity contribution in [2.24, 2.45) is 11.3 Å². The number of rotatable bonds is 5. The number of aromatic nitrogens is 2. The number of hydrogen-bond acceptors (Lipinski definition) is 6. The molecule has 8 heteroatoms. The third kappa shape index (κ3) is 4.07. The minimum absolute atomic E-state index is 0.0485. The first-order valence-corrected chi connectivity index (χ1v) is 13.2. The number of anilines is 1. The van der Waals surface area contributed by atoms with Crippen molar-refractivity contribution in [3.63, 3.8) is 0 Å². The molecule has 0 bridgehead atoms. The molecule has 0 fully saturated rings. The summed E-state index contributed by atoms with van der Waals surface area (Å²) in [5.74, 6) is 0.692. The number of carbonyl (C=O) groups excluding carboxylic acids is 2. The summed E-state index contributed by atoms with van der Waals surface area (Å²) in [5.41, 5.74) is 2.09. The van der Waals surface area contributed by atoms with Crippen molar-refractivity contribution in [1.29, 1.82) is 0 Å². The lowest BCUT2D eigenvalue weighted by molar-refractivity contribution is -0.121. The minimum Gasteiger partial charge on any atom is -0.482 e. The fraction of sp³-hybridized carbons (Fsp3) is 0.429. The van der Waals surface area contributed by atoms with Crippen LogP contribution in [0.15, 0.2) is 42.0 Å². The number of ether oxygens (including phenoxy) is 1. The van der Waals surface area contributed by atoms with Crippen LogP contribution >= 0.6 is 11.3 Å². The van der Waals surface area contributed by atoms with E-state index in [0.29, 0.717) is 34.8 Å². The van der Waals surface area contributed by atoms with Gasteiger partial charge in [0.25, 0.3) is 11.5 Å².